The summed E-state index contributed by atoms with van der Waals surface area (Å²) < 4.78 is 0. The van der Waals surface area contributed by atoms with Crippen LogP contribution in [0.5, 0.6) is 0 Å². The molecule has 27 heavy (non-hydrogen) atoms. The van der Waals surface area contributed by atoms with E-state index in [0.29, 0.717) is 11.3 Å². The van der Waals surface area contributed by atoms with Gasteiger partial charge in [-0.25, -0.2) is 0 Å². The Labute approximate surface area is 163 Å². The number of benzene rings is 2. The summed E-state index contributed by atoms with van der Waals surface area (Å²) in [7, 11) is 1.56. The van der Waals surface area contributed by atoms with Crippen LogP contribution in [-0.2, 0) is 9.59 Å². The molecule has 6 nitrogen and oxygen atoms in total. The zero-order valence-corrected chi connectivity index (χ0v) is 16.4. The van der Waals surface area contributed by atoms with Gasteiger partial charge in [-0.3, -0.25) is 14.4 Å². The van der Waals surface area contributed by atoms with Crippen molar-refractivity contribution in [1.29, 1.82) is 0 Å². The molecule has 0 aliphatic carbocycles. The molecular weight excluding hydrogens is 362 g/mol. The average Bonchev–Trinajstić information content (AvgIpc) is 2.67. The highest BCUT2D eigenvalue weighted by Gasteiger charge is 2.16. The van der Waals surface area contributed by atoms with E-state index < -0.39 is 5.25 Å². The predicted molar refractivity (Wildman–Crippen MR) is 110 cm³/mol. The van der Waals surface area contributed by atoms with Crippen molar-refractivity contribution in [3.8, 4) is 0 Å². The van der Waals surface area contributed by atoms with Crippen LogP contribution in [0.25, 0.3) is 0 Å². The summed E-state index contributed by atoms with van der Waals surface area (Å²) in [6.07, 6.45) is 0. The summed E-state index contributed by atoms with van der Waals surface area (Å²) in [5, 5.41) is 7.73. The fraction of sp³-hybridized carbons (Fsp3) is 0.250. The van der Waals surface area contributed by atoms with Gasteiger partial charge in [-0.05, 0) is 50.2 Å². The number of anilines is 2. The van der Waals surface area contributed by atoms with Crippen LogP contribution in [0, 0.1) is 6.92 Å². The quantitative estimate of drug-likeness (QED) is 0.684. The second-order valence-electron chi connectivity index (χ2n) is 6.01. The second-order valence-corrected chi connectivity index (χ2v) is 7.34. The second kappa shape index (κ2) is 9.78. The molecule has 2 aromatic carbocycles. The van der Waals surface area contributed by atoms with E-state index in [2.05, 4.69) is 16.0 Å². The maximum atomic E-state index is 12.3. The lowest BCUT2D eigenvalue weighted by Crippen LogP contribution is -2.25. The van der Waals surface area contributed by atoms with E-state index >= 15 is 0 Å². The van der Waals surface area contributed by atoms with Crippen LogP contribution in [0.3, 0.4) is 0 Å². The first kappa shape index (κ1) is 20.5. The highest BCUT2D eigenvalue weighted by atomic mass is 32.2. The third-order valence-corrected chi connectivity index (χ3v) is 4.95. The standard InChI is InChI=1S/C20H23N3O3S/c1-13-4-8-16(9-5-13)22-18(24)12-27-14(2)19(25)23-17-10-6-15(7-11-17)20(26)21-3/h4-11,14H,12H2,1-3H3,(H,21,26)(H,22,24)(H,23,25)/t14-/m0/s1. The summed E-state index contributed by atoms with van der Waals surface area (Å²) in [5.74, 6) is -0.358. The molecule has 0 radical (unpaired) electrons. The fourth-order valence-corrected chi connectivity index (χ4v) is 2.89. The predicted octanol–water partition coefficient (Wildman–Crippen LogP) is 3.05. The maximum absolute atomic E-state index is 12.3. The van der Waals surface area contributed by atoms with Gasteiger partial charge >= 0.3 is 0 Å². The van der Waals surface area contributed by atoms with Crippen LogP contribution in [0.2, 0.25) is 0 Å². The molecule has 7 heteroatoms. The molecule has 0 fully saturated rings. The average molecular weight is 385 g/mol. The Kier molecular flexibility index (Phi) is 7.43. The van der Waals surface area contributed by atoms with E-state index in [0.717, 1.165) is 11.3 Å². The molecule has 0 saturated heterocycles. The Morgan fingerprint density at radius 2 is 1.48 bits per heavy atom. The zero-order valence-electron chi connectivity index (χ0n) is 15.5. The van der Waals surface area contributed by atoms with Gasteiger partial charge in [0.25, 0.3) is 5.91 Å². The maximum Gasteiger partial charge on any atom is 0.251 e. The molecule has 0 heterocycles. The first-order valence-electron chi connectivity index (χ1n) is 8.50. The van der Waals surface area contributed by atoms with Crippen molar-refractivity contribution < 1.29 is 14.4 Å². The number of hydrogen-bond donors (Lipinski definition) is 3. The van der Waals surface area contributed by atoms with Gasteiger partial charge in [0.1, 0.15) is 0 Å². The normalized spacial score (nSPS) is 11.4. The fourth-order valence-electron chi connectivity index (χ4n) is 2.20. The van der Waals surface area contributed by atoms with Gasteiger partial charge in [0.15, 0.2) is 0 Å². The topological polar surface area (TPSA) is 87.3 Å². The minimum Gasteiger partial charge on any atom is -0.355 e. The number of carbonyl (C=O) groups is 3. The van der Waals surface area contributed by atoms with Crippen molar-refractivity contribution >= 4 is 40.9 Å². The van der Waals surface area contributed by atoms with Crippen molar-refractivity contribution in [2.75, 3.05) is 23.4 Å². The van der Waals surface area contributed by atoms with E-state index in [1.807, 2.05) is 31.2 Å². The number of aryl methyl sites for hydroxylation is 1. The van der Waals surface area contributed by atoms with Crippen molar-refractivity contribution in [1.82, 2.24) is 5.32 Å². The van der Waals surface area contributed by atoms with Gasteiger partial charge in [-0.2, -0.15) is 0 Å². The van der Waals surface area contributed by atoms with Crippen LogP contribution in [0.1, 0.15) is 22.8 Å². The molecule has 3 amide bonds. The molecule has 0 bridgehead atoms. The van der Waals surface area contributed by atoms with Gasteiger partial charge in [-0.15, -0.1) is 11.8 Å². The molecule has 1 atom stereocenters. The first-order valence-corrected chi connectivity index (χ1v) is 9.55. The molecule has 0 aliphatic heterocycles. The molecule has 2 rings (SSSR count). The Hall–Kier alpha value is -2.80. The summed E-state index contributed by atoms with van der Waals surface area (Å²) >= 11 is 1.26. The van der Waals surface area contributed by atoms with E-state index in [-0.39, 0.29) is 23.5 Å². The van der Waals surface area contributed by atoms with E-state index in [1.165, 1.54) is 11.8 Å². The van der Waals surface area contributed by atoms with E-state index in [1.54, 1.807) is 38.2 Å². The Bertz CT molecular complexity index is 804. The minimum absolute atomic E-state index is 0.154. The summed E-state index contributed by atoms with van der Waals surface area (Å²) in [6.45, 7) is 3.73. The van der Waals surface area contributed by atoms with E-state index in [9.17, 15) is 14.4 Å². The lowest BCUT2D eigenvalue weighted by Gasteiger charge is -2.12. The van der Waals surface area contributed by atoms with Gasteiger partial charge in [0.05, 0.1) is 11.0 Å². The number of rotatable bonds is 7. The first-order chi connectivity index (χ1) is 12.9. The van der Waals surface area contributed by atoms with E-state index in [4.69, 9.17) is 0 Å². The molecule has 0 aliphatic rings. The Morgan fingerprint density at radius 3 is 2.07 bits per heavy atom. The van der Waals surface area contributed by atoms with Crippen molar-refractivity contribution in [3.63, 3.8) is 0 Å². The van der Waals surface area contributed by atoms with Crippen LogP contribution < -0.4 is 16.0 Å². The molecule has 0 aromatic heterocycles. The number of hydrogen-bond acceptors (Lipinski definition) is 4. The zero-order chi connectivity index (χ0) is 19.8. The molecule has 0 saturated carbocycles. The Balaban J connectivity index is 1.80. The number of thioether (sulfide) groups is 1. The summed E-state index contributed by atoms with van der Waals surface area (Å²) in [6, 6.07) is 14.2. The third-order valence-electron chi connectivity index (χ3n) is 3.81. The van der Waals surface area contributed by atoms with Gasteiger partial charge in [0.2, 0.25) is 11.8 Å². The van der Waals surface area contributed by atoms with Gasteiger partial charge < -0.3 is 16.0 Å². The van der Waals surface area contributed by atoms with Crippen molar-refractivity contribution in [2.45, 2.75) is 19.1 Å². The lowest BCUT2D eigenvalue weighted by molar-refractivity contribution is -0.115. The molecule has 0 unspecified atom stereocenters. The third kappa shape index (κ3) is 6.45. The molecule has 3 N–H and O–H groups in total. The SMILES string of the molecule is CNC(=O)c1ccc(NC(=O)[C@H](C)SCC(=O)Nc2ccc(C)cc2)cc1. The van der Waals surface area contributed by atoms with Crippen LogP contribution in [-0.4, -0.2) is 35.8 Å². The number of amides is 3. The highest BCUT2D eigenvalue weighted by molar-refractivity contribution is 8.01. The molecular formula is C20H23N3O3S. The highest BCUT2D eigenvalue weighted by Crippen LogP contribution is 2.16. The van der Waals surface area contributed by atoms with Crippen molar-refractivity contribution in [3.05, 3.63) is 59.7 Å². The van der Waals surface area contributed by atoms with Crippen LogP contribution in [0.4, 0.5) is 11.4 Å². The van der Waals surface area contributed by atoms with Crippen LogP contribution >= 0.6 is 11.8 Å². The smallest absolute Gasteiger partial charge is 0.251 e. The van der Waals surface area contributed by atoms with Crippen LogP contribution in [0.15, 0.2) is 48.5 Å². The monoisotopic (exact) mass is 385 g/mol. The van der Waals surface area contributed by atoms with Gasteiger partial charge in [-0.1, -0.05) is 17.7 Å². The van der Waals surface area contributed by atoms with Gasteiger partial charge in [0, 0.05) is 24.0 Å². The lowest BCUT2D eigenvalue weighted by atomic mass is 10.2. The number of nitrogens with one attached hydrogen (secondary N) is 3. The van der Waals surface area contributed by atoms with Crippen molar-refractivity contribution in [2.24, 2.45) is 0 Å². The molecule has 142 valence electrons. The number of carbonyl (C=O) groups excluding carboxylic acids is 3. The Morgan fingerprint density at radius 1 is 0.926 bits per heavy atom. The molecule has 2 aromatic rings. The molecule has 0 spiro atoms. The largest absolute Gasteiger partial charge is 0.355 e. The summed E-state index contributed by atoms with van der Waals surface area (Å²) in [5.41, 5.74) is 2.98. The minimum atomic E-state index is -0.396. The summed E-state index contributed by atoms with van der Waals surface area (Å²) in [4.78, 5) is 35.8.